The van der Waals surface area contributed by atoms with Gasteiger partial charge < -0.3 is 4.90 Å². The van der Waals surface area contributed by atoms with Crippen molar-refractivity contribution < 1.29 is 9.59 Å². The lowest BCUT2D eigenvalue weighted by Gasteiger charge is -2.28. The largest absolute Gasteiger partial charge is 0.334 e. The minimum atomic E-state index is 0.0557. The predicted octanol–water partition coefficient (Wildman–Crippen LogP) is 3.85. The van der Waals surface area contributed by atoms with E-state index in [-0.39, 0.29) is 11.7 Å². The molecule has 0 radical (unpaired) electrons. The maximum absolute atomic E-state index is 12.6. The SMILES string of the molecule is CC(=O)c1ccc(CN2CCc3cc(Br)ccc3C2=O)cc1. The summed E-state index contributed by atoms with van der Waals surface area (Å²) < 4.78 is 1.01. The van der Waals surface area contributed by atoms with Crippen molar-refractivity contribution >= 4 is 27.6 Å². The third-order valence-electron chi connectivity index (χ3n) is 3.97. The van der Waals surface area contributed by atoms with E-state index in [4.69, 9.17) is 0 Å². The fraction of sp³-hybridized carbons (Fsp3) is 0.222. The summed E-state index contributed by atoms with van der Waals surface area (Å²) in [4.78, 5) is 25.7. The second kappa shape index (κ2) is 6.05. The van der Waals surface area contributed by atoms with Crippen molar-refractivity contribution in [3.8, 4) is 0 Å². The van der Waals surface area contributed by atoms with Gasteiger partial charge in [-0.3, -0.25) is 9.59 Å². The van der Waals surface area contributed by atoms with E-state index in [1.165, 1.54) is 0 Å². The maximum atomic E-state index is 12.6. The number of amides is 1. The van der Waals surface area contributed by atoms with E-state index in [0.717, 1.165) is 34.1 Å². The fourth-order valence-corrected chi connectivity index (χ4v) is 3.13. The lowest BCUT2D eigenvalue weighted by atomic mass is 9.98. The smallest absolute Gasteiger partial charge is 0.254 e. The van der Waals surface area contributed by atoms with Crippen LogP contribution in [0.5, 0.6) is 0 Å². The molecule has 0 aromatic heterocycles. The summed E-state index contributed by atoms with van der Waals surface area (Å²) in [7, 11) is 0. The van der Waals surface area contributed by atoms with Gasteiger partial charge in [-0.2, -0.15) is 0 Å². The third-order valence-corrected chi connectivity index (χ3v) is 4.46. The highest BCUT2D eigenvalue weighted by Crippen LogP contribution is 2.24. The number of hydrogen-bond acceptors (Lipinski definition) is 2. The molecule has 4 heteroatoms. The molecule has 1 heterocycles. The first-order chi connectivity index (χ1) is 10.5. The quantitative estimate of drug-likeness (QED) is 0.782. The highest BCUT2D eigenvalue weighted by atomic mass is 79.9. The monoisotopic (exact) mass is 357 g/mol. The van der Waals surface area contributed by atoms with Crippen molar-refractivity contribution in [2.45, 2.75) is 19.9 Å². The average Bonchev–Trinajstić information content (AvgIpc) is 2.50. The number of carbonyl (C=O) groups excluding carboxylic acids is 2. The van der Waals surface area contributed by atoms with E-state index < -0.39 is 0 Å². The number of benzene rings is 2. The first-order valence-electron chi connectivity index (χ1n) is 7.22. The van der Waals surface area contributed by atoms with Crippen LogP contribution in [0.15, 0.2) is 46.9 Å². The van der Waals surface area contributed by atoms with Crippen LogP contribution >= 0.6 is 15.9 Å². The Morgan fingerprint density at radius 2 is 1.91 bits per heavy atom. The zero-order valence-electron chi connectivity index (χ0n) is 12.3. The number of hydrogen-bond donors (Lipinski definition) is 0. The van der Waals surface area contributed by atoms with Gasteiger partial charge in [0.25, 0.3) is 5.91 Å². The number of ketones is 1. The average molecular weight is 358 g/mol. The molecule has 3 rings (SSSR count). The highest BCUT2D eigenvalue weighted by Gasteiger charge is 2.24. The van der Waals surface area contributed by atoms with Gasteiger partial charge in [0, 0.05) is 28.7 Å². The number of rotatable bonds is 3. The van der Waals surface area contributed by atoms with Crippen LogP contribution in [-0.4, -0.2) is 23.1 Å². The standard InChI is InChI=1S/C18H16BrNO2/c1-12(21)14-4-2-13(3-5-14)11-20-9-8-15-10-16(19)6-7-17(15)18(20)22/h2-7,10H,8-9,11H2,1H3. The molecule has 22 heavy (non-hydrogen) atoms. The molecule has 0 saturated carbocycles. The van der Waals surface area contributed by atoms with Crippen molar-refractivity contribution in [2.24, 2.45) is 0 Å². The molecule has 0 aliphatic carbocycles. The van der Waals surface area contributed by atoms with Crippen LogP contribution < -0.4 is 0 Å². The Kier molecular flexibility index (Phi) is 4.12. The molecule has 3 nitrogen and oxygen atoms in total. The Bertz CT molecular complexity index is 737. The number of fused-ring (bicyclic) bond motifs is 1. The molecular weight excluding hydrogens is 342 g/mol. The fourth-order valence-electron chi connectivity index (χ4n) is 2.72. The van der Waals surface area contributed by atoms with E-state index in [1.807, 2.05) is 47.4 Å². The summed E-state index contributed by atoms with van der Waals surface area (Å²) in [5.74, 6) is 0.129. The van der Waals surface area contributed by atoms with Crippen LogP contribution in [0.2, 0.25) is 0 Å². The van der Waals surface area contributed by atoms with Gasteiger partial charge in [0.1, 0.15) is 0 Å². The minimum absolute atomic E-state index is 0.0557. The molecular formula is C18H16BrNO2. The first-order valence-corrected chi connectivity index (χ1v) is 8.01. The van der Waals surface area contributed by atoms with Crippen LogP contribution in [0.4, 0.5) is 0 Å². The van der Waals surface area contributed by atoms with Gasteiger partial charge in [-0.05, 0) is 42.7 Å². The summed E-state index contributed by atoms with van der Waals surface area (Å²) in [6.45, 7) is 2.85. The van der Waals surface area contributed by atoms with Crippen LogP contribution in [0.25, 0.3) is 0 Å². The van der Waals surface area contributed by atoms with Crippen LogP contribution in [0, 0.1) is 0 Å². The van der Waals surface area contributed by atoms with Crippen molar-refractivity contribution in [3.05, 3.63) is 69.2 Å². The molecule has 1 amide bonds. The first kappa shape index (κ1) is 15.0. The number of carbonyl (C=O) groups is 2. The molecule has 2 aromatic carbocycles. The lowest BCUT2D eigenvalue weighted by Crippen LogP contribution is -2.37. The zero-order valence-corrected chi connectivity index (χ0v) is 13.9. The number of halogens is 1. The van der Waals surface area contributed by atoms with Gasteiger partial charge in [0.05, 0.1) is 0 Å². The van der Waals surface area contributed by atoms with Gasteiger partial charge in [-0.1, -0.05) is 40.2 Å². The van der Waals surface area contributed by atoms with Crippen molar-refractivity contribution in [1.82, 2.24) is 4.90 Å². The van der Waals surface area contributed by atoms with Gasteiger partial charge in [-0.15, -0.1) is 0 Å². The molecule has 0 N–H and O–H groups in total. The van der Waals surface area contributed by atoms with Gasteiger partial charge in [0.2, 0.25) is 0 Å². The summed E-state index contributed by atoms with van der Waals surface area (Å²) in [6, 6.07) is 13.3. The summed E-state index contributed by atoms with van der Waals surface area (Å²) >= 11 is 3.45. The molecule has 0 fully saturated rings. The zero-order chi connectivity index (χ0) is 15.7. The van der Waals surface area contributed by atoms with Crippen LogP contribution in [-0.2, 0) is 13.0 Å². The second-order valence-corrected chi connectivity index (χ2v) is 6.45. The van der Waals surface area contributed by atoms with Crippen molar-refractivity contribution in [3.63, 3.8) is 0 Å². The minimum Gasteiger partial charge on any atom is -0.334 e. The molecule has 0 atom stereocenters. The lowest BCUT2D eigenvalue weighted by molar-refractivity contribution is 0.0726. The highest BCUT2D eigenvalue weighted by molar-refractivity contribution is 9.10. The molecule has 112 valence electrons. The normalized spacial score (nSPS) is 13.9. The van der Waals surface area contributed by atoms with Crippen LogP contribution in [0.3, 0.4) is 0 Å². The second-order valence-electron chi connectivity index (χ2n) is 5.53. The summed E-state index contributed by atoms with van der Waals surface area (Å²) in [5, 5.41) is 0. The number of nitrogens with zero attached hydrogens (tertiary/aromatic N) is 1. The Hall–Kier alpha value is -1.94. The molecule has 0 unspecified atom stereocenters. The van der Waals surface area contributed by atoms with Crippen molar-refractivity contribution in [2.75, 3.05) is 6.54 Å². The van der Waals surface area contributed by atoms with E-state index in [2.05, 4.69) is 15.9 Å². The summed E-state index contributed by atoms with van der Waals surface area (Å²) in [5.41, 5.74) is 3.63. The van der Waals surface area contributed by atoms with Gasteiger partial charge >= 0.3 is 0 Å². The van der Waals surface area contributed by atoms with Crippen molar-refractivity contribution in [1.29, 1.82) is 0 Å². The molecule has 1 aliphatic rings. The van der Waals surface area contributed by atoms with E-state index in [9.17, 15) is 9.59 Å². The Labute approximate surface area is 138 Å². The Balaban J connectivity index is 1.78. The Morgan fingerprint density at radius 3 is 2.59 bits per heavy atom. The predicted molar refractivity (Wildman–Crippen MR) is 89.0 cm³/mol. The molecule has 2 aromatic rings. The van der Waals surface area contributed by atoms with E-state index >= 15 is 0 Å². The molecule has 0 bridgehead atoms. The molecule has 1 aliphatic heterocycles. The third kappa shape index (κ3) is 2.97. The topological polar surface area (TPSA) is 37.4 Å². The molecule has 0 spiro atoms. The van der Waals surface area contributed by atoms with Gasteiger partial charge in [-0.25, -0.2) is 0 Å². The molecule has 0 saturated heterocycles. The van der Waals surface area contributed by atoms with E-state index in [1.54, 1.807) is 6.92 Å². The number of Topliss-reactive ketones (excluding diaryl/α,β-unsaturated/α-hetero) is 1. The Morgan fingerprint density at radius 1 is 1.18 bits per heavy atom. The summed E-state index contributed by atoms with van der Waals surface area (Å²) in [6.07, 6.45) is 0.867. The van der Waals surface area contributed by atoms with Crippen LogP contribution in [0.1, 0.15) is 38.8 Å². The van der Waals surface area contributed by atoms with E-state index in [0.29, 0.717) is 12.1 Å². The maximum Gasteiger partial charge on any atom is 0.254 e. The van der Waals surface area contributed by atoms with Gasteiger partial charge in [0.15, 0.2) is 5.78 Å².